The van der Waals surface area contributed by atoms with Gasteiger partial charge in [0, 0.05) is 6.42 Å². The summed E-state index contributed by atoms with van der Waals surface area (Å²) in [5.41, 5.74) is 0. The number of unbranched alkanes of at least 4 members (excludes halogenated alkanes) is 18. The van der Waals surface area contributed by atoms with Gasteiger partial charge in [0.2, 0.25) is 0 Å². The Bertz CT molecular complexity index is 472. The van der Waals surface area contributed by atoms with Crippen LogP contribution in [0.2, 0.25) is 0 Å². The van der Waals surface area contributed by atoms with E-state index in [0.717, 1.165) is 19.3 Å². The molecule has 0 bridgehead atoms. The molecular formula is C28H54O6. The summed E-state index contributed by atoms with van der Waals surface area (Å²) in [5.74, 6) is -0.334. The number of esters is 1. The first-order valence-electron chi connectivity index (χ1n) is 14.4. The minimum Gasteiger partial charge on any atom is -0.463 e. The van der Waals surface area contributed by atoms with E-state index in [-0.39, 0.29) is 19.2 Å². The first kappa shape index (κ1) is 31.3. The largest absolute Gasteiger partial charge is 0.463 e. The zero-order valence-corrected chi connectivity index (χ0v) is 21.9. The van der Waals surface area contributed by atoms with Crippen molar-refractivity contribution in [2.45, 2.75) is 160 Å². The Morgan fingerprint density at radius 2 is 1.18 bits per heavy atom. The summed E-state index contributed by atoms with van der Waals surface area (Å²) in [7, 11) is 0. The lowest BCUT2D eigenvalue weighted by molar-refractivity contribution is -0.151. The van der Waals surface area contributed by atoms with Crippen LogP contribution in [0.15, 0.2) is 0 Å². The first-order chi connectivity index (χ1) is 16.6. The maximum absolute atomic E-state index is 11.8. The molecule has 1 aliphatic heterocycles. The number of carbonyl (C=O) groups is 1. The molecule has 3 N–H and O–H groups in total. The summed E-state index contributed by atoms with van der Waals surface area (Å²) in [6, 6.07) is 0. The van der Waals surface area contributed by atoms with Gasteiger partial charge < -0.3 is 24.8 Å². The normalized spacial score (nSPS) is 21.1. The van der Waals surface area contributed by atoms with E-state index in [1.54, 1.807) is 0 Å². The smallest absolute Gasteiger partial charge is 0.305 e. The quantitative estimate of drug-likeness (QED) is 0.124. The number of hydrogen-bond donors (Lipinski definition) is 3. The van der Waals surface area contributed by atoms with Crippen LogP contribution >= 0.6 is 0 Å². The van der Waals surface area contributed by atoms with Crippen LogP contribution in [0.3, 0.4) is 0 Å². The van der Waals surface area contributed by atoms with E-state index in [0.29, 0.717) is 6.42 Å². The molecule has 1 aliphatic rings. The van der Waals surface area contributed by atoms with Crippen molar-refractivity contribution in [3.05, 3.63) is 0 Å². The van der Waals surface area contributed by atoms with Crippen molar-refractivity contribution < 1.29 is 29.6 Å². The van der Waals surface area contributed by atoms with Crippen molar-refractivity contribution in [1.82, 2.24) is 0 Å². The average Bonchev–Trinajstić information content (AvgIpc) is 3.17. The Kier molecular flexibility index (Phi) is 19.9. The highest BCUT2D eigenvalue weighted by atomic mass is 16.6. The number of aliphatic hydroxyl groups excluding tert-OH is 3. The van der Waals surface area contributed by atoms with Gasteiger partial charge in [0.25, 0.3) is 0 Å². The van der Waals surface area contributed by atoms with Crippen molar-refractivity contribution in [3.63, 3.8) is 0 Å². The fourth-order valence-corrected chi connectivity index (χ4v) is 4.66. The van der Waals surface area contributed by atoms with E-state index in [2.05, 4.69) is 6.92 Å². The van der Waals surface area contributed by atoms with Crippen LogP contribution in [0.1, 0.15) is 135 Å². The molecule has 0 unspecified atom stereocenters. The molecule has 6 nitrogen and oxygen atoms in total. The zero-order chi connectivity index (χ0) is 24.9. The topological polar surface area (TPSA) is 96.2 Å². The summed E-state index contributed by atoms with van der Waals surface area (Å²) in [4.78, 5) is 11.8. The van der Waals surface area contributed by atoms with Gasteiger partial charge in [-0.3, -0.25) is 4.79 Å². The predicted octanol–water partition coefficient (Wildman–Crippen LogP) is 5.83. The van der Waals surface area contributed by atoms with Gasteiger partial charge in [-0.05, 0) is 6.42 Å². The second-order valence-electron chi connectivity index (χ2n) is 10.2. The zero-order valence-electron chi connectivity index (χ0n) is 21.9. The highest BCUT2D eigenvalue weighted by Gasteiger charge is 2.39. The molecule has 0 radical (unpaired) electrons. The van der Waals surface area contributed by atoms with Crippen LogP contribution in [0.5, 0.6) is 0 Å². The molecule has 0 aromatic carbocycles. The number of carbonyl (C=O) groups excluding carboxylic acids is 1. The van der Waals surface area contributed by atoms with Gasteiger partial charge in [-0.25, -0.2) is 0 Å². The van der Waals surface area contributed by atoms with Crippen LogP contribution in [-0.4, -0.2) is 58.9 Å². The maximum Gasteiger partial charge on any atom is 0.305 e. The van der Waals surface area contributed by atoms with Gasteiger partial charge in [-0.1, -0.05) is 122 Å². The minimum absolute atomic E-state index is 0.0177. The molecular weight excluding hydrogens is 432 g/mol. The first-order valence-corrected chi connectivity index (χ1v) is 14.4. The monoisotopic (exact) mass is 486 g/mol. The number of aliphatic hydroxyl groups is 3. The lowest BCUT2D eigenvalue weighted by Crippen LogP contribution is -2.41. The van der Waals surface area contributed by atoms with Crippen molar-refractivity contribution >= 4 is 5.97 Å². The van der Waals surface area contributed by atoms with E-state index < -0.39 is 24.4 Å². The van der Waals surface area contributed by atoms with E-state index in [1.807, 2.05) is 0 Å². The molecule has 0 aromatic heterocycles. The highest BCUT2D eigenvalue weighted by molar-refractivity contribution is 5.69. The predicted molar refractivity (Wildman–Crippen MR) is 137 cm³/mol. The van der Waals surface area contributed by atoms with E-state index >= 15 is 0 Å². The third-order valence-corrected chi connectivity index (χ3v) is 6.97. The van der Waals surface area contributed by atoms with E-state index in [4.69, 9.17) is 9.47 Å². The average molecular weight is 487 g/mol. The second kappa shape index (κ2) is 21.6. The fourth-order valence-electron chi connectivity index (χ4n) is 4.66. The van der Waals surface area contributed by atoms with Crippen molar-refractivity contribution in [2.24, 2.45) is 0 Å². The van der Waals surface area contributed by atoms with E-state index in [1.165, 1.54) is 103 Å². The van der Waals surface area contributed by atoms with Crippen molar-refractivity contribution in [1.29, 1.82) is 0 Å². The summed E-state index contributed by atoms with van der Waals surface area (Å²) in [5, 5.41) is 29.1. The maximum atomic E-state index is 11.8. The lowest BCUT2D eigenvalue weighted by atomic mass is 10.0. The van der Waals surface area contributed by atoms with Gasteiger partial charge >= 0.3 is 5.97 Å². The number of rotatable bonds is 23. The van der Waals surface area contributed by atoms with Crippen LogP contribution in [0, 0.1) is 0 Å². The van der Waals surface area contributed by atoms with Crippen LogP contribution < -0.4 is 0 Å². The van der Waals surface area contributed by atoms with Crippen LogP contribution in [0.25, 0.3) is 0 Å². The molecule has 6 heteroatoms. The third-order valence-electron chi connectivity index (χ3n) is 6.97. The lowest BCUT2D eigenvalue weighted by Gasteiger charge is -2.20. The Hall–Kier alpha value is -0.690. The van der Waals surface area contributed by atoms with Gasteiger partial charge in [0.15, 0.2) is 0 Å². The SMILES string of the molecule is CCCCCCCCCCCCCCCCCCCCCC(=O)OC[C@@H](O)[C@H]1OC[C@@H](O)[C@H]1O. The second-order valence-corrected chi connectivity index (χ2v) is 10.2. The molecule has 0 aromatic rings. The number of hydrogen-bond acceptors (Lipinski definition) is 6. The molecule has 0 spiro atoms. The summed E-state index contributed by atoms with van der Waals surface area (Å²) >= 11 is 0. The Morgan fingerprint density at radius 1 is 0.765 bits per heavy atom. The molecule has 0 saturated carbocycles. The standard InChI is InChI=1S/C28H54O6/c1-2-3-4-5-6-7-8-9-10-11-12-13-14-15-16-17-18-19-20-21-26(31)33-23-25(30)28-27(32)24(29)22-34-28/h24-25,27-30,32H,2-23H2,1H3/t24-,25-,27-,28-/m1/s1. The van der Waals surface area contributed by atoms with E-state index in [9.17, 15) is 20.1 Å². The van der Waals surface area contributed by atoms with Crippen molar-refractivity contribution in [2.75, 3.05) is 13.2 Å². The Labute approximate surface area is 208 Å². The molecule has 4 atom stereocenters. The molecule has 1 heterocycles. The molecule has 0 amide bonds. The molecule has 0 aliphatic carbocycles. The summed E-state index contributed by atoms with van der Waals surface area (Å²) in [6.07, 6.45) is 21.2. The summed E-state index contributed by atoms with van der Waals surface area (Å²) in [6.45, 7) is 2.04. The van der Waals surface area contributed by atoms with Gasteiger partial charge in [-0.15, -0.1) is 0 Å². The molecule has 1 saturated heterocycles. The molecule has 1 rings (SSSR count). The van der Waals surface area contributed by atoms with Crippen LogP contribution in [-0.2, 0) is 14.3 Å². The van der Waals surface area contributed by atoms with Gasteiger partial charge in [-0.2, -0.15) is 0 Å². The molecule has 1 fully saturated rings. The molecule has 34 heavy (non-hydrogen) atoms. The third kappa shape index (κ3) is 16.1. The Morgan fingerprint density at radius 3 is 1.56 bits per heavy atom. The van der Waals surface area contributed by atoms with Gasteiger partial charge in [0.1, 0.15) is 31.0 Å². The highest BCUT2D eigenvalue weighted by Crippen LogP contribution is 2.18. The van der Waals surface area contributed by atoms with Gasteiger partial charge in [0.05, 0.1) is 6.61 Å². The fraction of sp³-hybridized carbons (Fsp3) is 0.964. The summed E-state index contributed by atoms with van der Waals surface area (Å²) < 4.78 is 10.2. The molecule has 202 valence electrons. The van der Waals surface area contributed by atoms with Crippen molar-refractivity contribution in [3.8, 4) is 0 Å². The van der Waals surface area contributed by atoms with Crippen LogP contribution in [0.4, 0.5) is 0 Å². The Balaban J connectivity index is 1.77. The number of ether oxygens (including phenoxy) is 2. The minimum atomic E-state index is -1.14.